The lowest BCUT2D eigenvalue weighted by atomic mass is 10.1. The van der Waals surface area contributed by atoms with Crippen molar-refractivity contribution >= 4 is 16.9 Å². The molecule has 0 N–H and O–H groups in total. The molecular formula is C19H22N4O3. The van der Waals surface area contributed by atoms with Gasteiger partial charge in [0.25, 0.3) is 5.91 Å². The number of rotatable bonds is 7. The second-order valence-corrected chi connectivity index (χ2v) is 5.86. The van der Waals surface area contributed by atoms with Crippen molar-refractivity contribution in [3.05, 3.63) is 48.0 Å². The van der Waals surface area contributed by atoms with Crippen LogP contribution in [0.25, 0.3) is 11.0 Å². The Morgan fingerprint density at radius 1 is 1.15 bits per heavy atom. The van der Waals surface area contributed by atoms with Crippen LogP contribution in [0.4, 0.5) is 0 Å². The fourth-order valence-corrected chi connectivity index (χ4v) is 2.63. The zero-order chi connectivity index (χ0) is 18.5. The predicted molar refractivity (Wildman–Crippen MR) is 98.7 cm³/mol. The number of likely N-dealkylation sites (N-methyl/N-ethyl adjacent to an activating group) is 1. The number of amides is 1. The van der Waals surface area contributed by atoms with E-state index in [9.17, 15) is 4.79 Å². The molecule has 1 aromatic heterocycles. The van der Waals surface area contributed by atoms with Gasteiger partial charge in [-0.3, -0.25) is 4.79 Å². The van der Waals surface area contributed by atoms with E-state index in [0.717, 1.165) is 29.1 Å². The molecule has 0 bridgehead atoms. The van der Waals surface area contributed by atoms with Gasteiger partial charge in [0, 0.05) is 19.2 Å². The molecule has 0 atom stereocenters. The van der Waals surface area contributed by atoms with Gasteiger partial charge in [-0.2, -0.15) is 0 Å². The molecule has 1 heterocycles. The summed E-state index contributed by atoms with van der Waals surface area (Å²) >= 11 is 0. The van der Waals surface area contributed by atoms with E-state index >= 15 is 0 Å². The molecule has 0 radical (unpaired) electrons. The molecule has 7 nitrogen and oxygen atoms in total. The van der Waals surface area contributed by atoms with Gasteiger partial charge in [0.15, 0.2) is 0 Å². The largest absolute Gasteiger partial charge is 0.497 e. The lowest BCUT2D eigenvalue weighted by Crippen LogP contribution is -2.30. The molecule has 0 aliphatic heterocycles. The average Bonchev–Trinajstić information content (AvgIpc) is 3.10. The zero-order valence-electron chi connectivity index (χ0n) is 15.2. The molecule has 1 amide bonds. The van der Waals surface area contributed by atoms with E-state index in [2.05, 4.69) is 10.3 Å². The van der Waals surface area contributed by atoms with Crippen LogP contribution in [0.3, 0.4) is 0 Å². The number of methoxy groups -OCH3 is 1. The molecule has 0 saturated carbocycles. The Morgan fingerprint density at radius 2 is 1.88 bits per heavy atom. The maximum absolute atomic E-state index is 12.6. The lowest BCUT2D eigenvalue weighted by molar-refractivity contribution is 0.0774. The van der Waals surface area contributed by atoms with Crippen LogP contribution < -0.4 is 9.47 Å². The molecule has 7 heteroatoms. The minimum Gasteiger partial charge on any atom is -0.497 e. The summed E-state index contributed by atoms with van der Waals surface area (Å²) in [5.74, 6) is 1.44. The van der Waals surface area contributed by atoms with Crippen molar-refractivity contribution in [2.24, 2.45) is 0 Å². The summed E-state index contributed by atoms with van der Waals surface area (Å²) in [6.07, 6.45) is 0. The second kappa shape index (κ2) is 7.86. The number of carbonyl (C=O) groups is 1. The maximum Gasteiger partial charge on any atom is 0.253 e. The van der Waals surface area contributed by atoms with E-state index in [1.807, 2.05) is 37.3 Å². The number of nitrogens with zero attached hydrogens (tertiary/aromatic N) is 4. The monoisotopic (exact) mass is 354 g/mol. The summed E-state index contributed by atoms with van der Waals surface area (Å²) < 4.78 is 12.6. The molecule has 0 spiro atoms. The SMILES string of the molecule is CCn1nnc2cc(C(=O)N(C)CCOc3ccc(OC)cc3)ccc21. The van der Waals surface area contributed by atoms with Crippen LogP contribution in [-0.4, -0.2) is 53.1 Å². The van der Waals surface area contributed by atoms with Crippen molar-refractivity contribution in [2.45, 2.75) is 13.5 Å². The van der Waals surface area contributed by atoms with Gasteiger partial charge < -0.3 is 14.4 Å². The Labute approximate surface area is 152 Å². The van der Waals surface area contributed by atoms with E-state index in [1.165, 1.54) is 0 Å². The Balaban J connectivity index is 1.58. The zero-order valence-corrected chi connectivity index (χ0v) is 15.2. The molecule has 0 saturated heterocycles. The van der Waals surface area contributed by atoms with Crippen LogP contribution in [0.2, 0.25) is 0 Å². The first-order chi connectivity index (χ1) is 12.6. The summed E-state index contributed by atoms with van der Waals surface area (Å²) in [5.41, 5.74) is 2.24. The van der Waals surface area contributed by atoms with E-state index < -0.39 is 0 Å². The van der Waals surface area contributed by atoms with Crippen molar-refractivity contribution in [3.8, 4) is 11.5 Å². The number of carbonyl (C=O) groups excluding carboxylic acids is 1. The van der Waals surface area contributed by atoms with Crippen molar-refractivity contribution < 1.29 is 14.3 Å². The van der Waals surface area contributed by atoms with E-state index in [4.69, 9.17) is 9.47 Å². The van der Waals surface area contributed by atoms with Crippen LogP contribution in [0.15, 0.2) is 42.5 Å². The van der Waals surface area contributed by atoms with Gasteiger partial charge in [0.1, 0.15) is 23.6 Å². The highest BCUT2D eigenvalue weighted by Gasteiger charge is 2.14. The Bertz CT molecular complexity index is 889. The molecule has 136 valence electrons. The molecule has 0 unspecified atom stereocenters. The van der Waals surface area contributed by atoms with Crippen molar-refractivity contribution in [2.75, 3.05) is 27.3 Å². The second-order valence-electron chi connectivity index (χ2n) is 5.86. The third kappa shape index (κ3) is 3.77. The normalized spacial score (nSPS) is 10.7. The first-order valence-electron chi connectivity index (χ1n) is 8.48. The minimum atomic E-state index is -0.0729. The number of aryl methyl sites for hydroxylation is 1. The number of hydrogen-bond acceptors (Lipinski definition) is 5. The first-order valence-corrected chi connectivity index (χ1v) is 8.48. The fraction of sp³-hybridized carbons (Fsp3) is 0.316. The van der Waals surface area contributed by atoms with E-state index in [1.54, 1.807) is 35.9 Å². The molecule has 2 aromatic carbocycles. The van der Waals surface area contributed by atoms with Gasteiger partial charge in [0.05, 0.1) is 19.2 Å². The topological polar surface area (TPSA) is 69.5 Å². The van der Waals surface area contributed by atoms with Gasteiger partial charge in [0.2, 0.25) is 0 Å². The van der Waals surface area contributed by atoms with Crippen LogP contribution in [0.1, 0.15) is 17.3 Å². The Hall–Kier alpha value is -3.09. The van der Waals surface area contributed by atoms with E-state index in [0.29, 0.717) is 18.7 Å². The smallest absolute Gasteiger partial charge is 0.253 e. The van der Waals surface area contributed by atoms with Crippen molar-refractivity contribution in [1.82, 2.24) is 19.9 Å². The lowest BCUT2D eigenvalue weighted by Gasteiger charge is -2.17. The van der Waals surface area contributed by atoms with Gasteiger partial charge in [-0.25, -0.2) is 4.68 Å². The molecular weight excluding hydrogens is 332 g/mol. The third-order valence-corrected chi connectivity index (χ3v) is 4.16. The quantitative estimate of drug-likeness (QED) is 0.652. The maximum atomic E-state index is 12.6. The number of ether oxygens (including phenoxy) is 2. The molecule has 0 aliphatic rings. The number of benzene rings is 2. The van der Waals surface area contributed by atoms with Crippen LogP contribution >= 0.6 is 0 Å². The fourth-order valence-electron chi connectivity index (χ4n) is 2.63. The molecule has 3 rings (SSSR count). The van der Waals surface area contributed by atoms with Gasteiger partial charge in [-0.15, -0.1) is 5.10 Å². The minimum absolute atomic E-state index is 0.0729. The summed E-state index contributed by atoms with van der Waals surface area (Å²) in [7, 11) is 3.38. The summed E-state index contributed by atoms with van der Waals surface area (Å²) in [5, 5.41) is 8.18. The highest BCUT2D eigenvalue weighted by Crippen LogP contribution is 2.17. The van der Waals surface area contributed by atoms with Crippen LogP contribution in [0, 0.1) is 0 Å². The van der Waals surface area contributed by atoms with Crippen LogP contribution in [-0.2, 0) is 6.54 Å². The molecule has 0 aliphatic carbocycles. The summed E-state index contributed by atoms with van der Waals surface area (Å²) in [6.45, 7) is 3.63. The molecule has 0 fully saturated rings. The van der Waals surface area contributed by atoms with Crippen molar-refractivity contribution in [1.29, 1.82) is 0 Å². The van der Waals surface area contributed by atoms with Gasteiger partial charge >= 0.3 is 0 Å². The third-order valence-electron chi connectivity index (χ3n) is 4.16. The van der Waals surface area contributed by atoms with E-state index in [-0.39, 0.29) is 5.91 Å². The van der Waals surface area contributed by atoms with Crippen molar-refractivity contribution in [3.63, 3.8) is 0 Å². The predicted octanol–water partition coefficient (Wildman–Crippen LogP) is 2.61. The standard InChI is InChI=1S/C19H22N4O3/c1-4-23-18-10-5-14(13-17(18)20-21-23)19(24)22(2)11-12-26-16-8-6-15(25-3)7-9-16/h5-10,13H,4,11-12H2,1-3H3. The Kier molecular flexibility index (Phi) is 5.36. The molecule has 26 heavy (non-hydrogen) atoms. The Morgan fingerprint density at radius 3 is 2.58 bits per heavy atom. The highest BCUT2D eigenvalue weighted by molar-refractivity contribution is 5.97. The van der Waals surface area contributed by atoms with Gasteiger partial charge in [-0.1, -0.05) is 5.21 Å². The number of hydrogen-bond donors (Lipinski definition) is 0. The summed E-state index contributed by atoms with van der Waals surface area (Å²) in [4.78, 5) is 14.2. The first kappa shape index (κ1) is 17.7. The average molecular weight is 354 g/mol. The summed E-state index contributed by atoms with van der Waals surface area (Å²) in [6, 6.07) is 12.8. The highest BCUT2D eigenvalue weighted by atomic mass is 16.5. The molecule has 3 aromatic rings. The number of fused-ring (bicyclic) bond motifs is 1. The number of aromatic nitrogens is 3. The van der Waals surface area contributed by atoms with Gasteiger partial charge in [-0.05, 0) is 49.4 Å². The van der Waals surface area contributed by atoms with Crippen LogP contribution in [0.5, 0.6) is 11.5 Å².